The molecule has 1 aromatic carbocycles. The zero-order valence-electron chi connectivity index (χ0n) is 20.0. The molecule has 176 valence electrons. The number of nitrogens with one attached hydrogen (secondary N) is 2. The molecule has 0 aliphatic carbocycles. The molecule has 0 bridgehead atoms. The van der Waals surface area contributed by atoms with Crippen molar-refractivity contribution in [1.82, 2.24) is 20.4 Å². The Morgan fingerprint density at radius 1 is 0.903 bits per heavy atom. The first-order valence-electron chi connectivity index (χ1n) is 11.4. The standard InChI is InChI=1S/C23H41N5O3/c1-6-24-23(25-10-8-9-11-28-14-12-27(7-2)13-15-28)26-18-19-16-20(29-3)22(31-5)21(17-19)30-4/h16-17H,6-15,18H2,1-5H3,(H2,24,25,26). The van der Waals surface area contributed by atoms with Crippen LogP contribution in [-0.2, 0) is 6.54 Å². The first-order valence-corrected chi connectivity index (χ1v) is 11.4. The van der Waals surface area contributed by atoms with Crippen LogP contribution in [0.1, 0.15) is 32.3 Å². The number of methoxy groups -OCH3 is 3. The Kier molecular flexibility index (Phi) is 11.3. The van der Waals surface area contributed by atoms with Gasteiger partial charge in [-0.25, -0.2) is 4.99 Å². The molecule has 2 rings (SSSR count). The SMILES string of the molecule is CCNC(=NCc1cc(OC)c(OC)c(OC)c1)NCCCCN1CCN(CC)CC1. The molecule has 0 amide bonds. The quantitative estimate of drug-likeness (QED) is 0.296. The molecule has 8 nitrogen and oxygen atoms in total. The van der Waals surface area contributed by atoms with Gasteiger partial charge in [0.05, 0.1) is 27.9 Å². The average molecular weight is 436 g/mol. The average Bonchev–Trinajstić information content (AvgIpc) is 2.81. The summed E-state index contributed by atoms with van der Waals surface area (Å²) < 4.78 is 16.3. The maximum Gasteiger partial charge on any atom is 0.203 e. The lowest BCUT2D eigenvalue weighted by molar-refractivity contribution is 0.136. The van der Waals surface area contributed by atoms with Crippen molar-refractivity contribution in [2.24, 2.45) is 4.99 Å². The summed E-state index contributed by atoms with van der Waals surface area (Å²) in [6.07, 6.45) is 2.33. The van der Waals surface area contributed by atoms with E-state index in [1.807, 2.05) is 12.1 Å². The minimum Gasteiger partial charge on any atom is -0.493 e. The monoisotopic (exact) mass is 435 g/mol. The molecule has 0 unspecified atom stereocenters. The van der Waals surface area contributed by atoms with Crippen molar-refractivity contribution in [3.63, 3.8) is 0 Å². The highest BCUT2D eigenvalue weighted by molar-refractivity contribution is 5.79. The molecule has 31 heavy (non-hydrogen) atoms. The number of ether oxygens (including phenoxy) is 3. The lowest BCUT2D eigenvalue weighted by Gasteiger charge is -2.34. The van der Waals surface area contributed by atoms with Gasteiger partial charge in [0, 0.05) is 39.3 Å². The van der Waals surface area contributed by atoms with E-state index in [2.05, 4.69) is 34.3 Å². The number of piperazine rings is 1. The fourth-order valence-electron chi connectivity index (χ4n) is 3.74. The van der Waals surface area contributed by atoms with E-state index in [9.17, 15) is 0 Å². The molecule has 0 spiro atoms. The normalized spacial score (nSPS) is 15.6. The van der Waals surface area contributed by atoms with Crippen LogP contribution in [0.3, 0.4) is 0 Å². The van der Waals surface area contributed by atoms with Crippen LogP contribution < -0.4 is 24.8 Å². The first-order chi connectivity index (χ1) is 15.1. The van der Waals surface area contributed by atoms with Gasteiger partial charge in [-0.2, -0.15) is 0 Å². The van der Waals surface area contributed by atoms with Gasteiger partial charge in [-0.3, -0.25) is 0 Å². The van der Waals surface area contributed by atoms with Crippen LogP contribution in [0, 0.1) is 0 Å². The summed E-state index contributed by atoms with van der Waals surface area (Å²) in [4.78, 5) is 9.82. The van der Waals surface area contributed by atoms with E-state index in [1.165, 1.54) is 45.7 Å². The van der Waals surface area contributed by atoms with Gasteiger partial charge >= 0.3 is 0 Å². The zero-order chi connectivity index (χ0) is 22.5. The maximum absolute atomic E-state index is 5.44. The molecule has 1 fully saturated rings. The van der Waals surface area contributed by atoms with Crippen molar-refractivity contribution in [2.75, 3.05) is 73.7 Å². The minimum atomic E-state index is 0.522. The molecular weight excluding hydrogens is 394 g/mol. The predicted octanol–water partition coefficient (Wildman–Crippen LogP) is 2.19. The van der Waals surface area contributed by atoms with E-state index in [0.29, 0.717) is 23.8 Å². The number of aliphatic imine (C=N–C) groups is 1. The molecule has 1 aliphatic rings. The van der Waals surface area contributed by atoms with Crippen molar-refractivity contribution < 1.29 is 14.2 Å². The Balaban J connectivity index is 1.81. The van der Waals surface area contributed by atoms with Gasteiger partial charge in [0.2, 0.25) is 5.75 Å². The number of hydrogen-bond donors (Lipinski definition) is 2. The highest BCUT2D eigenvalue weighted by Crippen LogP contribution is 2.38. The van der Waals surface area contributed by atoms with Crippen LogP contribution in [0.5, 0.6) is 17.2 Å². The number of benzene rings is 1. The van der Waals surface area contributed by atoms with Crippen LogP contribution in [0.25, 0.3) is 0 Å². The Hall–Kier alpha value is -2.19. The third kappa shape index (κ3) is 8.10. The number of nitrogens with zero attached hydrogens (tertiary/aromatic N) is 3. The fourth-order valence-corrected chi connectivity index (χ4v) is 3.74. The van der Waals surface area contributed by atoms with Gasteiger partial charge in [-0.15, -0.1) is 0 Å². The van der Waals surface area contributed by atoms with Crippen LogP contribution >= 0.6 is 0 Å². The van der Waals surface area contributed by atoms with Gasteiger partial charge in [-0.1, -0.05) is 6.92 Å². The molecule has 2 N–H and O–H groups in total. The molecule has 0 aromatic heterocycles. The van der Waals surface area contributed by atoms with E-state index in [1.54, 1.807) is 21.3 Å². The Bertz CT molecular complexity index is 650. The summed E-state index contributed by atoms with van der Waals surface area (Å²) in [6, 6.07) is 3.87. The van der Waals surface area contributed by atoms with E-state index >= 15 is 0 Å². The molecule has 0 atom stereocenters. The fraction of sp³-hybridized carbons (Fsp3) is 0.696. The van der Waals surface area contributed by atoms with Crippen molar-refractivity contribution >= 4 is 5.96 Å². The predicted molar refractivity (Wildman–Crippen MR) is 127 cm³/mol. The number of rotatable bonds is 12. The van der Waals surface area contributed by atoms with Gasteiger partial charge in [-0.05, 0) is 50.6 Å². The molecule has 1 aromatic rings. The summed E-state index contributed by atoms with van der Waals surface area (Å²) >= 11 is 0. The molecule has 8 heteroatoms. The van der Waals surface area contributed by atoms with Crippen molar-refractivity contribution in [3.05, 3.63) is 17.7 Å². The topological polar surface area (TPSA) is 70.6 Å². The summed E-state index contributed by atoms with van der Waals surface area (Å²) in [5.74, 6) is 2.71. The van der Waals surface area contributed by atoms with Gasteiger partial charge in [0.25, 0.3) is 0 Å². The largest absolute Gasteiger partial charge is 0.493 e. The van der Waals surface area contributed by atoms with Crippen LogP contribution in [0.15, 0.2) is 17.1 Å². The summed E-state index contributed by atoms with van der Waals surface area (Å²) in [5, 5.41) is 6.77. The maximum atomic E-state index is 5.44. The Morgan fingerprint density at radius 3 is 2.10 bits per heavy atom. The van der Waals surface area contributed by atoms with Gasteiger partial charge in [0.15, 0.2) is 17.5 Å². The van der Waals surface area contributed by atoms with Crippen LogP contribution in [0.2, 0.25) is 0 Å². The second-order valence-electron chi connectivity index (χ2n) is 7.64. The molecule has 0 saturated carbocycles. The van der Waals surface area contributed by atoms with Crippen molar-refractivity contribution in [3.8, 4) is 17.2 Å². The third-order valence-electron chi connectivity index (χ3n) is 5.59. The van der Waals surface area contributed by atoms with E-state index < -0.39 is 0 Å². The van der Waals surface area contributed by atoms with Crippen molar-refractivity contribution in [1.29, 1.82) is 0 Å². The molecule has 1 heterocycles. The van der Waals surface area contributed by atoms with Crippen LogP contribution in [0.4, 0.5) is 0 Å². The Morgan fingerprint density at radius 2 is 1.55 bits per heavy atom. The second kappa shape index (κ2) is 14.0. The second-order valence-corrected chi connectivity index (χ2v) is 7.64. The molecular formula is C23H41N5O3. The molecule has 1 aliphatic heterocycles. The first kappa shape index (κ1) is 25.1. The third-order valence-corrected chi connectivity index (χ3v) is 5.59. The van der Waals surface area contributed by atoms with Crippen molar-refractivity contribution in [2.45, 2.75) is 33.2 Å². The molecule has 1 saturated heterocycles. The van der Waals surface area contributed by atoms with E-state index in [4.69, 9.17) is 19.2 Å². The summed E-state index contributed by atoms with van der Waals surface area (Å²) in [5.41, 5.74) is 0.998. The highest BCUT2D eigenvalue weighted by Gasteiger charge is 2.15. The van der Waals surface area contributed by atoms with Gasteiger partial charge in [0.1, 0.15) is 0 Å². The summed E-state index contributed by atoms with van der Waals surface area (Å²) in [6.45, 7) is 13.7. The lowest BCUT2D eigenvalue weighted by atomic mass is 10.2. The van der Waals surface area contributed by atoms with Crippen LogP contribution in [-0.4, -0.2) is 89.4 Å². The number of unbranched alkanes of at least 4 members (excludes halogenated alkanes) is 1. The lowest BCUT2D eigenvalue weighted by Crippen LogP contribution is -2.46. The number of likely N-dealkylation sites (N-methyl/N-ethyl adjacent to an activating group) is 1. The van der Waals surface area contributed by atoms with E-state index in [0.717, 1.165) is 31.0 Å². The number of hydrogen-bond acceptors (Lipinski definition) is 6. The van der Waals surface area contributed by atoms with E-state index in [-0.39, 0.29) is 0 Å². The zero-order valence-corrected chi connectivity index (χ0v) is 20.0. The highest BCUT2D eigenvalue weighted by atomic mass is 16.5. The van der Waals surface area contributed by atoms with Gasteiger partial charge < -0.3 is 34.6 Å². The smallest absolute Gasteiger partial charge is 0.203 e. The summed E-state index contributed by atoms with van der Waals surface area (Å²) in [7, 11) is 4.86. The Labute approximate surface area is 187 Å². The molecule has 0 radical (unpaired) electrons. The number of guanidine groups is 1. The minimum absolute atomic E-state index is 0.522.